The highest BCUT2D eigenvalue weighted by molar-refractivity contribution is 5.67. The Labute approximate surface area is 180 Å². The number of hydrogen-bond acceptors (Lipinski definition) is 7. The van der Waals surface area contributed by atoms with E-state index in [9.17, 15) is 28.9 Å². The number of amides is 1. The van der Waals surface area contributed by atoms with Crippen LogP contribution in [0.1, 0.15) is 26.2 Å². The van der Waals surface area contributed by atoms with Crippen LogP contribution in [-0.4, -0.2) is 94.5 Å². The first-order valence-electron chi connectivity index (χ1n) is 10.5. The van der Waals surface area contributed by atoms with Crippen molar-refractivity contribution in [1.29, 1.82) is 0 Å². The number of carbonyl (C=O) groups is 1. The number of rotatable bonds is 6. The molecule has 174 valence electrons. The third kappa shape index (κ3) is 5.82. The molecule has 2 fully saturated rings. The topological polar surface area (TPSA) is 103 Å². The summed E-state index contributed by atoms with van der Waals surface area (Å²) in [5.41, 5.74) is -2.76. The molecule has 3 N–H and O–H groups in total. The van der Waals surface area contributed by atoms with E-state index in [2.05, 4.69) is 0 Å². The Bertz CT molecular complexity index is 774. The van der Waals surface area contributed by atoms with Gasteiger partial charge in [0, 0.05) is 38.8 Å². The second kappa shape index (κ2) is 9.64. The SMILES string of the molecule is CCOC(=O)N1CCC(O)(CN2CC[C@H](O)[C@@](O)(COc3cc(F)ccc3F)C2)CC1. The molecule has 0 spiro atoms. The van der Waals surface area contributed by atoms with E-state index in [1.165, 1.54) is 0 Å². The molecule has 0 radical (unpaired) electrons. The van der Waals surface area contributed by atoms with Gasteiger partial charge in [-0.1, -0.05) is 0 Å². The number of carbonyl (C=O) groups excluding carboxylic acids is 1. The lowest BCUT2D eigenvalue weighted by Gasteiger charge is -2.46. The Kier molecular flexibility index (Phi) is 7.35. The lowest BCUT2D eigenvalue weighted by molar-refractivity contribution is -0.150. The fourth-order valence-electron chi connectivity index (χ4n) is 4.11. The van der Waals surface area contributed by atoms with E-state index in [0.29, 0.717) is 32.5 Å². The predicted octanol–water partition coefficient (Wildman–Crippen LogP) is 1.12. The first-order valence-corrected chi connectivity index (χ1v) is 10.5. The summed E-state index contributed by atoms with van der Waals surface area (Å²) in [5.74, 6) is -1.79. The monoisotopic (exact) mass is 444 g/mol. The molecule has 2 aliphatic heterocycles. The summed E-state index contributed by atoms with van der Waals surface area (Å²) in [5, 5.41) is 32.2. The van der Waals surface area contributed by atoms with E-state index >= 15 is 0 Å². The van der Waals surface area contributed by atoms with Crippen molar-refractivity contribution in [3.05, 3.63) is 29.8 Å². The molecule has 3 rings (SSSR count). The summed E-state index contributed by atoms with van der Waals surface area (Å²) in [7, 11) is 0. The zero-order chi connectivity index (χ0) is 22.6. The molecule has 0 aromatic heterocycles. The maximum atomic E-state index is 13.8. The van der Waals surface area contributed by atoms with Crippen LogP contribution in [0.3, 0.4) is 0 Å². The molecule has 2 saturated heterocycles. The molecule has 0 saturated carbocycles. The van der Waals surface area contributed by atoms with Gasteiger partial charge < -0.3 is 29.7 Å². The first-order chi connectivity index (χ1) is 14.6. The highest BCUT2D eigenvalue weighted by Crippen LogP contribution is 2.29. The van der Waals surface area contributed by atoms with Crippen LogP contribution >= 0.6 is 0 Å². The molecule has 10 heteroatoms. The van der Waals surface area contributed by atoms with E-state index in [1.54, 1.807) is 11.8 Å². The van der Waals surface area contributed by atoms with Crippen LogP contribution in [0.15, 0.2) is 18.2 Å². The lowest BCUT2D eigenvalue weighted by atomic mass is 9.86. The minimum Gasteiger partial charge on any atom is -0.487 e. The maximum absolute atomic E-state index is 13.8. The fourth-order valence-corrected chi connectivity index (χ4v) is 4.11. The van der Waals surface area contributed by atoms with Crippen LogP contribution < -0.4 is 4.74 Å². The van der Waals surface area contributed by atoms with Crippen LogP contribution in [-0.2, 0) is 4.74 Å². The van der Waals surface area contributed by atoms with Gasteiger partial charge in [-0.3, -0.25) is 4.90 Å². The van der Waals surface area contributed by atoms with Crippen molar-refractivity contribution < 1.29 is 38.4 Å². The smallest absolute Gasteiger partial charge is 0.409 e. The molecule has 8 nitrogen and oxygen atoms in total. The van der Waals surface area contributed by atoms with Crippen LogP contribution in [0.2, 0.25) is 0 Å². The van der Waals surface area contributed by atoms with Crippen LogP contribution in [0.5, 0.6) is 5.75 Å². The number of hydrogen-bond donors (Lipinski definition) is 3. The molecule has 2 aliphatic rings. The summed E-state index contributed by atoms with van der Waals surface area (Å²) in [6, 6.07) is 2.77. The van der Waals surface area contributed by atoms with Crippen molar-refractivity contribution in [2.45, 2.75) is 43.5 Å². The van der Waals surface area contributed by atoms with E-state index < -0.39 is 41.6 Å². The van der Waals surface area contributed by atoms with Crippen molar-refractivity contribution >= 4 is 6.09 Å². The summed E-state index contributed by atoms with van der Waals surface area (Å²) >= 11 is 0. The van der Waals surface area contributed by atoms with Gasteiger partial charge in [0.25, 0.3) is 0 Å². The highest BCUT2D eigenvalue weighted by atomic mass is 19.1. The highest BCUT2D eigenvalue weighted by Gasteiger charge is 2.45. The van der Waals surface area contributed by atoms with Gasteiger partial charge in [0.15, 0.2) is 11.6 Å². The molecule has 1 aromatic carbocycles. The second-order valence-electron chi connectivity index (χ2n) is 8.39. The molecule has 1 aromatic rings. The molecule has 2 heterocycles. The van der Waals surface area contributed by atoms with Crippen molar-refractivity contribution in [3.63, 3.8) is 0 Å². The van der Waals surface area contributed by atoms with E-state index in [4.69, 9.17) is 9.47 Å². The Morgan fingerprint density at radius 2 is 1.94 bits per heavy atom. The zero-order valence-corrected chi connectivity index (χ0v) is 17.6. The minimum absolute atomic E-state index is 0.00496. The van der Waals surface area contributed by atoms with E-state index in [-0.39, 0.29) is 31.9 Å². The Balaban J connectivity index is 1.57. The Morgan fingerprint density at radius 1 is 1.23 bits per heavy atom. The normalized spacial score (nSPS) is 26.5. The fraction of sp³-hybridized carbons (Fsp3) is 0.667. The number of ether oxygens (including phenoxy) is 2. The van der Waals surface area contributed by atoms with Crippen molar-refractivity contribution in [2.75, 3.05) is 45.9 Å². The Morgan fingerprint density at radius 3 is 2.61 bits per heavy atom. The average molecular weight is 444 g/mol. The zero-order valence-electron chi connectivity index (χ0n) is 17.6. The van der Waals surface area contributed by atoms with Crippen molar-refractivity contribution in [1.82, 2.24) is 9.80 Å². The number of β-amino-alcohol motifs (C(OH)–C–C–N with tert-alkyl or cyclic N) is 2. The van der Waals surface area contributed by atoms with Gasteiger partial charge in [-0.05, 0) is 38.3 Å². The molecule has 2 atom stereocenters. The molecule has 0 bridgehead atoms. The molecule has 0 unspecified atom stereocenters. The summed E-state index contributed by atoms with van der Waals surface area (Å²) in [4.78, 5) is 15.2. The molecular formula is C21H30F2N2O6. The molecule has 1 amide bonds. The number of likely N-dealkylation sites (tertiary alicyclic amines) is 2. The summed E-state index contributed by atoms with van der Waals surface area (Å²) in [6.07, 6.45) is -0.568. The molecular weight excluding hydrogens is 414 g/mol. The number of aliphatic hydroxyl groups excluding tert-OH is 1. The Hall–Kier alpha value is -2.01. The number of halogens is 2. The number of piperidine rings is 2. The van der Waals surface area contributed by atoms with Crippen molar-refractivity contribution in [2.24, 2.45) is 0 Å². The average Bonchev–Trinajstić information content (AvgIpc) is 2.72. The van der Waals surface area contributed by atoms with Gasteiger partial charge in [-0.25, -0.2) is 13.6 Å². The third-order valence-corrected chi connectivity index (χ3v) is 5.95. The number of nitrogens with zero attached hydrogens (tertiary/aromatic N) is 2. The second-order valence-corrected chi connectivity index (χ2v) is 8.39. The van der Waals surface area contributed by atoms with Crippen LogP contribution in [0, 0.1) is 11.6 Å². The van der Waals surface area contributed by atoms with Crippen LogP contribution in [0.4, 0.5) is 13.6 Å². The van der Waals surface area contributed by atoms with E-state index in [1.807, 2.05) is 4.90 Å². The van der Waals surface area contributed by atoms with Gasteiger partial charge in [-0.15, -0.1) is 0 Å². The minimum atomic E-state index is -1.71. The number of benzene rings is 1. The lowest BCUT2D eigenvalue weighted by Crippen LogP contribution is -2.62. The third-order valence-electron chi connectivity index (χ3n) is 5.95. The quantitative estimate of drug-likeness (QED) is 0.604. The number of aliphatic hydroxyl groups is 3. The van der Waals surface area contributed by atoms with Crippen LogP contribution in [0.25, 0.3) is 0 Å². The summed E-state index contributed by atoms with van der Waals surface area (Å²) < 4.78 is 37.4. The molecule has 31 heavy (non-hydrogen) atoms. The largest absolute Gasteiger partial charge is 0.487 e. The maximum Gasteiger partial charge on any atom is 0.409 e. The standard InChI is InChI=1S/C21H30F2N2O6/c1-2-30-19(27)25-9-6-20(28,7-10-25)12-24-8-5-18(26)21(29,13-24)14-31-17-11-15(22)3-4-16(17)23/h3-4,11,18,26,28-29H,2,5-10,12-14H2,1H3/t18-,21-/m0/s1. The van der Waals surface area contributed by atoms with Gasteiger partial charge >= 0.3 is 6.09 Å². The summed E-state index contributed by atoms with van der Waals surface area (Å²) in [6.45, 7) is 2.99. The molecule has 0 aliphatic carbocycles. The van der Waals surface area contributed by atoms with Gasteiger partial charge in [0.05, 0.1) is 18.3 Å². The van der Waals surface area contributed by atoms with E-state index in [0.717, 1.165) is 18.2 Å². The van der Waals surface area contributed by atoms with Gasteiger partial charge in [-0.2, -0.15) is 0 Å². The van der Waals surface area contributed by atoms with Crippen molar-refractivity contribution in [3.8, 4) is 5.75 Å². The predicted molar refractivity (Wildman–Crippen MR) is 107 cm³/mol. The van der Waals surface area contributed by atoms with Gasteiger partial charge in [0.1, 0.15) is 18.0 Å². The first kappa shape index (κ1) is 23.6. The van der Waals surface area contributed by atoms with Gasteiger partial charge in [0.2, 0.25) is 0 Å².